The highest BCUT2D eigenvalue weighted by atomic mass is 32.1. The molecule has 0 unspecified atom stereocenters. The van der Waals surface area contributed by atoms with Crippen molar-refractivity contribution >= 4 is 22.4 Å². The van der Waals surface area contributed by atoms with E-state index in [1.165, 1.54) is 11.3 Å². The van der Waals surface area contributed by atoms with Crippen molar-refractivity contribution in [3.8, 4) is 0 Å². The van der Waals surface area contributed by atoms with E-state index in [2.05, 4.69) is 30.0 Å². The van der Waals surface area contributed by atoms with E-state index in [1.807, 2.05) is 6.20 Å². The molecule has 1 amide bonds. The van der Waals surface area contributed by atoms with Crippen LogP contribution in [0.25, 0.3) is 0 Å². The minimum absolute atomic E-state index is 0.0632. The van der Waals surface area contributed by atoms with Gasteiger partial charge in [-0.05, 0) is 0 Å². The Kier molecular flexibility index (Phi) is 3.03. The van der Waals surface area contributed by atoms with Crippen LogP contribution in [0.2, 0.25) is 0 Å². The molecule has 0 radical (unpaired) electrons. The number of hydrogen-bond donors (Lipinski definition) is 1. The third-order valence-electron chi connectivity index (χ3n) is 2.80. The van der Waals surface area contributed by atoms with Gasteiger partial charge in [0.25, 0.3) is 0 Å². The van der Waals surface area contributed by atoms with Crippen LogP contribution in [0.5, 0.6) is 0 Å². The Morgan fingerprint density at radius 3 is 3.28 bits per heavy atom. The molecular weight excluding hydrogens is 252 g/mol. The van der Waals surface area contributed by atoms with Crippen LogP contribution in [0.3, 0.4) is 0 Å². The van der Waals surface area contributed by atoms with Crippen LogP contribution in [0.4, 0.5) is 5.13 Å². The Balaban J connectivity index is 1.56. The topological polar surface area (TPSA) is 75.9 Å². The Morgan fingerprint density at radius 1 is 1.50 bits per heavy atom. The number of nitrogens with zero attached hydrogens (tertiary/aromatic N) is 5. The van der Waals surface area contributed by atoms with Crippen molar-refractivity contribution in [2.75, 3.05) is 18.4 Å². The fourth-order valence-corrected chi connectivity index (χ4v) is 2.41. The van der Waals surface area contributed by atoms with Crippen LogP contribution < -0.4 is 5.32 Å². The molecule has 2 aromatic rings. The molecule has 8 heteroatoms. The van der Waals surface area contributed by atoms with Crippen molar-refractivity contribution in [3.63, 3.8) is 0 Å². The molecule has 0 aliphatic carbocycles. The van der Waals surface area contributed by atoms with Gasteiger partial charge >= 0.3 is 0 Å². The zero-order chi connectivity index (χ0) is 12.4. The lowest BCUT2D eigenvalue weighted by atomic mass is 10.3. The zero-order valence-corrected chi connectivity index (χ0v) is 10.4. The van der Waals surface area contributed by atoms with E-state index in [4.69, 9.17) is 0 Å². The van der Waals surface area contributed by atoms with E-state index in [-0.39, 0.29) is 5.91 Å². The van der Waals surface area contributed by atoms with Crippen molar-refractivity contribution in [2.45, 2.75) is 13.1 Å². The Labute approximate surface area is 107 Å². The molecule has 1 aliphatic heterocycles. The fraction of sp³-hybridized carbons (Fsp3) is 0.400. The second-order valence-corrected chi connectivity index (χ2v) is 4.87. The third-order valence-corrected chi connectivity index (χ3v) is 3.40. The molecule has 0 saturated carbocycles. The molecule has 0 aromatic carbocycles. The molecule has 0 spiro atoms. The molecule has 1 N–H and O–H groups in total. The van der Waals surface area contributed by atoms with Crippen LogP contribution in [0.15, 0.2) is 17.9 Å². The van der Waals surface area contributed by atoms with E-state index in [0.717, 1.165) is 18.9 Å². The summed E-state index contributed by atoms with van der Waals surface area (Å²) in [6, 6.07) is 0. The second kappa shape index (κ2) is 4.83. The molecular formula is C10H12N6OS. The molecule has 0 bridgehead atoms. The molecule has 0 atom stereocenters. The van der Waals surface area contributed by atoms with E-state index in [1.54, 1.807) is 11.7 Å². The maximum Gasteiger partial charge on any atom is 0.240 e. The predicted octanol–water partition coefficient (Wildman–Crippen LogP) is 0.189. The van der Waals surface area contributed by atoms with Gasteiger partial charge in [0.1, 0.15) is 11.3 Å². The quantitative estimate of drug-likeness (QED) is 0.856. The summed E-state index contributed by atoms with van der Waals surface area (Å²) in [6.45, 7) is 2.79. The van der Waals surface area contributed by atoms with Crippen LogP contribution in [0, 0.1) is 0 Å². The minimum Gasteiger partial charge on any atom is -0.333 e. The maximum atomic E-state index is 11.8. The van der Waals surface area contributed by atoms with Gasteiger partial charge in [0.05, 0.1) is 13.1 Å². The number of aromatic nitrogens is 4. The lowest BCUT2D eigenvalue weighted by Crippen LogP contribution is -2.39. The highest BCUT2D eigenvalue weighted by Crippen LogP contribution is 2.11. The smallest absolute Gasteiger partial charge is 0.240 e. The first-order chi connectivity index (χ1) is 8.81. The number of rotatable bonds is 3. The number of anilines is 1. The van der Waals surface area contributed by atoms with Crippen LogP contribution >= 0.6 is 11.3 Å². The van der Waals surface area contributed by atoms with Crippen molar-refractivity contribution < 1.29 is 4.79 Å². The Hall–Kier alpha value is -1.80. The normalized spacial score (nSPS) is 15.3. The maximum absolute atomic E-state index is 11.8. The summed E-state index contributed by atoms with van der Waals surface area (Å²) < 4.78 is 2.11. The molecule has 1 aliphatic rings. The Morgan fingerprint density at radius 2 is 2.44 bits per heavy atom. The van der Waals surface area contributed by atoms with Gasteiger partial charge in [-0.1, -0.05) is 11.3 Å². The van der Waals surface area contributed by atoms with Crippen LogP contribution in [-0.2, 0) is 17.9 Å². The summed E-state index contributed by atoms with van der Waals surface area (Å²) in [4.78, 5) is 18.1. The van der Waals surface area contributed by atoms with Gasteiger partial charge in [0, 0.05) is 25.5 Å². The molecule has 18 heavy (non-hydrogen) atoms. The number of imidazole rings is 1. The van der Waals surface area contributed by atoms with Gasteiger partial charge in [-0.25, -0.2) is 4.98 Å². The molecule has 2 aromatic heterocycles. The van der Waals surface area contributed by atoms with Crippen molar-refractivity contribution in [2.24, 2.45) is 0 Å². The number of amides is 1. The summed E-state index contributed by atoms with van der Waals surface area (Å²) >= 11 is 1.31. The number of hydrogen-bond acceptors (Lipinski definition) is 6. The van der Waals surface area contributed by atoms with Crippen molar-refractivity contribution in [1.82, 2.24) is 24.6 Å². The zero-order valence-electron chi connectivity index (χ0n) is 9.61. The monoisotopic (exact) mass is 264 g/mol. The van der Waals surface area contributed by atoms with Gasteiger partial charge in [-0.2, -0.15) is 0 Å². The van der Waals surface area contributed by atoms with Gasteiger partial charge < -0.3 is 4.57 Å². The predicted molar refractivity (Wildman–Crippen MR) is 66.0 cm³/mol. The van der Waals surface area contributed by atoms with E-state index in [0.29, 0.717) is 18.2 Å². The van der Waals surface area contributed by atoms with Crippen LogP contribution in [0.1, 0.15) is 5.82 Å². The lowest BCUT2D eigenvalue weighted by Gasteiger charge is -2.26. The Bertz CT molecular complexity index is 536. The molecule has 7 nitrogen and oxygen atoms in total. The fourth-order valence-electron chi connectivity index (χ4n) is 1.95. The number of fused-ring (bicyclic) bond motifs is 1. The van der Waals surface area contributed by atoms with E-state index < -0.39 is 0 Å². The minimum atomic E-state index is -0.0632. The van der Waals surface area contributed by atoms with E-state index in [9.17, 15) is 4.79 Å². The summed E-state index contributed by atoms with van der Waals surface area (Å²) in [5.41, 5.74) is 1.59. The summed E-state index contributed by atoms with van der Waals surface area (Å²) in [6.07, 6.45) is 3.76. The second-order valence-electron chi connectivity index (χ2n) is 4.04. The van der Waals surface area contributed by atoms with Crippen molar-refractivity contribution in [1.29, 1.82) is 0 Å². The first-order valence-electron chi connectivity index (χ1n) is 5.59. The standard InChI is InChI=1S/C10H12N6OS/c17-9(13-10-14-12-7-18-10)6-15-3-4-16-2-1-11-8(16)5-15/h1-2,7H,3-6H2,(H,13,14,17). The third kappa shape index (κ3) is 2.39. The average molecular weight is 264 g/mol. The van der Waals surface area contributed by atoms with Gasteiger partial charge in [0.15, 0.2) is 0 Å². The van der Waals surface area contributed by atoms with Crippen LogP contribution in [-0.4, -0.2) is 43.6 Å². The largest absolute Gasteiger partial charge is 0.333 e. The molecule has 3 rings (SSSR count). The SMILES string of the molecule is O=C(CN1CCn2ccnc2C1)Nc1nncs1. The highest BCUT2D eigenvalue weighted by Gasteiger charge is 2.19. The first kappa shape index (κ1) is 11.3. The number of carbonyl (C=O) groups excluding carboxylic acids is 1. The molecule has 0 saturated heterocycles. The number of nitrogens with one attached hydrogen (secondary N) is 1. The van der Waals surface area contributed by atoms with Gasteiger partial charge in [0.2, 0.25) is 11.0 Å². The average Bonchev–Trinajstić information content (AvgIpc) is 2.98. The highest BCUT2D eigenvalue weighted by molar-refractivity contribution is 7.13. The number of carbonyl (C=O) groups is 1. The molecule has 3 heterocycles. The van der Waals surface area contributed by atoms with Gasteiger partial charge in [-0.3, -0.25) is 15.0 Å². The van der Waals surface area contributed by atoms with Gasteiger partial charge in [-0.15, -0.1) is 10.2 Å². The summed E-state index contributed by atoms with van der Waals surface area (Å²) in [5.74, 6) is 0.941. The summed E-state index contributed by atoms with van der Waals surface area (Å²) in [5, 5.41) is 10.7. The summed E-state index contributed by atoms with van der Waals surface area (Å²) in [7, 11) is 0. The molecule has 94 valence electrons. The van der Waals surface area contributed by atoms with Crippen molar-refractivity contribution in [3.05, 3.63) is 23.7 Å². The van der Waals surface area contributed by atoms with E-state index >= 15 is 0 Å². The lowest BCUT2D eigenvalue weighted by molar-refractivity contribution is -0.117. The first-order valence-corrected chi connectivity index (χ1v) is 6.47. The molecule has 0 fully saturated rings.